The molecule has 47 valence electrons. The molecule has 0 N–H and O–H groups in total. The van der Waals surface area contributed by atoms with Gasteiger partial charge in [-0.2, -0.15) is 0 Å². The fourth-order valence-corrected chi connectivity index (χ4v) is 0.428. The first kappa shape index (κ1) is 16.3. The average molecular weight is 118 g/mol. The van der Waals surface area contributed by atoms with Crippen LogP contribution < -0.4 is 18.9 Å². The van der Waals surface area contributed by atoms with E-state index in [0.717, 1.165) is 13.1 Å². The Labute approximate surface area is 72.7 Å². The standard InChI is InChI=1S/C6H14N.B.Li/c1-3-5-7-6-4-2;;/h3-6H2,1-2H3;;/q-1;;+1. The van der Waals surface area contributed by atoms with Gasteiger partial charge < -0.3 is 5.32 Å². The summed E-state index contributed by atoms with van der Waals surface area (Å²) in [5.41, 5.74) is 0. The smallest absolute Gasteiger partial charge is 0.662 e. The number of rotatable bonds is 4. The second kappa shape index (κ2) is 15.8. The van der Waals surface area contributed by atoms with Crippen LogP contribution in [0.4, 0.5) is 0 Å². The van der Waals surface area contributed by atoms with Gasteiger partial charge in [-0.05, 0) is 0 Å². The van der Waals surface area contributed by atoms with Crippen LogP contribution >= 0.6 is 0 Å². The molecule has 0 aliphatic heterocycles. The topological polar surface area (TPSA) is 14.1 Å². The summed E-state index contributed by atoms with van der Waals surface area (Å²) in [4.78, 5) is 0. The largest absolute Gasteiger partial charge is 1.00 e. The van der Waals surface area contributed by atoms with Crippen molar-refractivity contribution >= 4 is 8.41 Å². The molecule has 0 amide bonds. The van der Waals surface area contributed by atoms with E-state index in [2.05, 4.69) is 19.2 Å². The second-order valence-corrected chi connectivity index (χ2v) is 1.67. The summed E-state index contributed by atoms with van der Waals surface area (Å²) < 4.78 is 0. The first-order chi connectivity index (χ1) is 3.41. The van der Waals surface area contributed by atoms with Gasteiger partial charge in [0.1, 0.15) is 0 Å². The van der Waals surface area contributed by atoms with Crippen LogP contribution in [0.15, 0.2) is 0 Å². The van der Waals surface area contributed by atoms with Crippen LogP contribution in [0.1, 0.15) is 26.7 Å². The van der Waals surface area contributed by atoms with E-state index in [9.17, 15) is 0 Å². The van der Waals surface area contributed by atoms with Crippen molar-refractivity contribution in [3.63, 3.8) is 0 Å². The Morgan fingerprint density at radius 1 is 1.00 bits per heavy atom. The third-order valence-electron chi connectivity index (χ3n) is 0.763. The maximum Gasteiger partial charge on any atom is 1.00 e. The first-order valence-corrected chi connectivity index (χ1v) is 3.05. The summed E-state index contributed by atoms with van der Waals surface area (Å²) in [5.74, 6) is 0. The van der Waals surface area contributed by atoms with Gasteiger partial charge in [0.25, 0.3) is 0 Å². The quantitative estimate of drug-likeness (QED) is 0.325. The van der Waals surface area contributed by atoms with Crippen LogP contribution in [0.5, 0.6) is 0 Å². The zero-order valence-electron chi connectivity index (χ0n) is 6.85. The molecule has 0 aromatic carbocycles. The SMILES string of the molecule is CCC[N-]CCC.[B].[Li+]. The van der Waals surface area contributed by atoms with E-state index in [1.54, 1.807) is 0 Å². The molecule has 0 rings (SSSR count). The maximum atomic E-state index is 4.21. The second-order valence-electron chi connectivity index (χ2n) is 1.67. The Bertz CT molecular complexity index is 32.2. The molecule has 0 bridgehead atoms. The van der Waals surface area contributed by atoms with Gasteiger partial charge in [0.15, 0.2) is 0 Å². The predicted octanol–water partition coefficient (Wildman–Crippen LogP) is -1.20. The molecule has 9 heavy (non-hydrogen) atoms. The summed E-state index contributed by atoms with van der Waals surface area (Å²) in [6, 6.07) is 0. The van der Waals surface area contributed by atoms with Crippen molar-refractivity contribution in [1.29, 1.82) is 0 Å². The molecule has 0 fully saturated rings. The normalized spacial score (nSPS) is 7.33. The first-order valence-electron chi connectivity index (χ1n) is 3.05. The molecule has 3 radical (unpaired) electrons. The Morgan fingerprint density at radius 3 is 1.56 bits per heavy atom. The maximum absolute atomic E-state index is 4.21. The van der Waals surface area contributed by atoms with Crippen molar-refractivity contribution in [3.8, 4) is 0 Å². The number of nitrogens with zero attached hydrogens (tertiary/aromatic N) is 1. The van der Waals surface area contributed by atoms with E-state index in [0.29, 0.717) is 0 Å². The molecule has 0 aromatic rings. The zero-order chi connectivity index (χ0) is 5.54. The van der Waals surface area contributed by atoms with Gasteiger partial charge in [-0.3, -0.25) is 0 Å². The fraction of sp³-hybridized carbons (Fsp3) is 1.00. The molecule has 0 saturated heterocycles. The van der Waals surface area contributed by atoms with Gasteiger partial charge in [-0.1, -0.05) is 26.7 Å². The Morgan fingerprint density at radius 2 is 1.33 bits per heavy atom. The minimum Gasteiger partial charge on any atom is -0.662 e. The van der Waals surface area contributed by atoms with Crippen molar-refractivity contribution in [3.05, 3.63) is 5.32 Å². The minimum atomic E-state index is 0. The molecule has 0 spiro atoms. The van der Waals surface area contributed by atoms with Crippen LogP contribution in [0.25, 0.3) is 5.32 Å². The third kappa shape index (κ3) is 17.7. The zero-order valence-corrected chi connectivity index (χ0v) is 6.85. The summed E-state index contributed by atoms with van der Waals surface area (Å²) in [7, 11) is 0. The summed E-state index contributed by atoms with van der Waals surface area (Å²) >= 11 is 0. The number of hydrogen-bond acceptors (Lipinski definition) is 0. The monoisotopic (exact) mass is 118 g/mol. The Kier molecular flexibility index (Phi) is 28.7. The van der Waals surface area contributed by atoms with Gasteiger partial charge >= 0.3 is 18.9 Å². The van der Waals surface area contributed by atoms with E-state index in [4.69, 9.17) is 0 Å². The van der Waals surface area contributed by atoms with Gasteiger partial charge in [-0.15, -0.1) is 13.1 Å². The number of hydrogen-bond donors (Lipinski definition) is 0. The van der Waals surface area contributed by atoms with Crippen LogP contribution in [-0.4, -0.2) is 21.5 Å². The molecule has 0 aliphatic carbocycles. The summed E-state index contributed by atoms with van der Waals surface area (Å²) in [6.07, 6.45) is 2.39. The Balaban J connectivity index is -0.000000180. The summed E-state index contributed by atoms with van der Waals surface area (Å²) in [6.45, 7) is 6.40. The van der Waals surface area contributed by atoms with E-state index in [1.807, 2.05) is 0 Å². The van der Waals surface area contributed by atoms with E-state index in [1.165, 1.54) is 12.8 Å². The molecule has 0 heterocycles. The van der Waals surface area contributed by atoms with E-state index in [-0.39, 0.29) is 27.3 Å². The minimum absolute atomic E-state index is 0. The molecule has 0 aliphatic rings. The molecule has 0 aromatic heterocycles. The van der Waals surface area contributed by atoms with Gasteiger partial charge in [0.2, 0.25) is 0 Å². The Hall–Kier alpha value is 0.622. The average Bonchev–Trinajstić information content (AvgIpc) is 1.69. The fourth-order valence-electron chi connectivity index (χ4n) is 0.428. The molecular formula is C6H14BLiN. The predicted molar refractivity (Wildman–Crippen MR) is 39.4 cm³/mol. The molecule has 3 heteroatoms. The van der Waals surface area contributed by atoms with Crippen LogP contribution in [-0.2, 0) is 0 Å². The van der Waals surface area contributed by atoms with Crippen molar-refractivity contribution in [2.24, 2.45) is 0 Å². The van der Waals surface area contributed by atoms with Crippen molar-refractivity contribution in [2.75, 3.05) is 13.1 Å². The van der Waals surface area contributed by atoms with Crippen molar-refractivity contribution in [2.45, 2.75) is 26.7 Å². The third-order valence-corrected chi connectivity index (χ3v) is 0.763. The van der Waals surface area contributed by atoms with E-state index >= 15 is 0 Å². The molecule has 0 unspecified atom stereocenters. The van der Waals surface area contributed by atoms with Crippen LogP contribution in [0, 0.1) is 0 Å². The van der Waals surface area contributed by atoms with Gasteiger partial charge in [0, 0.05) is 8.41 Å². The van der Waals surface area contributed by atoms with Crippen molar-refractivity contribution < 1.29 is 18.9 Å². The van der Waals surface area contributed by atoms with Crippen molar-refractivity contribution in [1.82, 2.24) is 0 Å². The summed E-state index contributed by atoms with van der Waals surface area (Å²) in [5, 5.41) is 4.21. The van der Waals surface area contributed by atoms with Crippen LogP contribution in [0.2, 0.25) is 0 Å². The van der Waals surface area contributed by atoms with Gasteiger partial charge in [-0.25, -0.2) is 0 Å². The van der Waals surface area contributed by atoms with Crippen LogP contribution in [0.3, 0.4) is 0 Å². The molecule has 0 atom stereocenters. The molecule has 1 nitrogen and oxygen atoms in total. The van der Waals surface area contributed by atoms with E-state index < -0.39 is 0 Å². The molecular weight excluding hydrogens is 104 g/mol. The van der Waals surface area contributed by atoms with Gasteiger partial charge in [0.05, 0.1) is 0 Å². The molecule has 0 saturated carbocycles.